The molecule has 1 amide bonds. The van der Waals surface area contributed by atoms with Crippen LogP contribution in [0.15, 0.2) is 12.4 Å². The maximum atomic E-state index is 10.8. The summed E-state index contributed by atoms with van der Waals surface area (Å²) in [4.78, 5) is 14.6. The van der Waals surface area contributed by atoms with E-state index in [1.807, 2.05) is 13.8 Å². The molecule has 0 aliphatic heterocycles. The van der Waals surface area contributed by atoms with E-state index < -0.39 is 5.91 Å². The monoisotopic (exact) mass is 150 g/mol. The Kier molecular flexibility index (Phi) is 1.89. The third-order valence-corrected chi connectivity index (χ3v) is 1.73. The Hall–Kier alpha value is -1.38. The molecule has 0 aliphatic rings. The molecule has 0 bridgehead atoms. The summed E-state index contributed by atoms with van der Waals surface area (Å²) in [6, 6.07) is 0. The number of nitrogens with two attached hydrogens (primary N) is 1. The van der Waals surface area contributed by atoms with Crippen LogP contribution in [-0.4, -0.2) is 10.9 Å². The van der Waals surface area contributed by atoms with Crippen LogP contribution in [0.3, 0.4) is 0 Å². The van der Waals surface area contributed by atoms with Crippen molar-refractivity contribution in [1.29, 1.82) is 0 Å². The number of pyridine rings is 1. The van der Waals surface area contributed by atoms with Gasteiger partial charge in [-0.1, -0.05) is 0 Å². The van der Waals surface area contributed by atoms with Crippen LogP contribution in [-0.2, 0) is 0 Å². The van der Waals surface area contributed by atoms with Crippen molar-refractivity contribution in [2.75, 3.05) is 0 Å². The van der Waals surface area contributed by atoms with Crippen LogP contribution < -0.4 is 5.73 Å². The fourth-order valence-electron chi connectivity index (χ4n) is 0.878. The Balaban J connectivity index is 3.27. The van der Waals surface area contributed by atoms with E-state index in [4.69, 9.17) is 5.73 Å². The van der Waals surface area contributed by atoms with Crippen molar-refractivity contribution in [3.8, 4) is 0 Å². The molecule has 2 N–H and O–H groups in total. The quantitative estimate of drug-likeness (QED) is 0.643. The Morgan fingerprint density at radius 1 is 1.45 bits per heavy atom. The molecule has 58 valence electrons. The van der Waals surface area contributed by atoms with Crippen LogP contribution >= 0.6 is 0 Å². The first-order chi connectivity index (χ1) is 5.13. The van der Waals surface area contributed by atoms with Crippen LogP contribution in [0.5, 0.6) is 0 Å². The molecule has 0 saturated carbocycles. The molecular weight excluding hydrogens is 140 g/mol. The van der Waals surface area contributed by atoms with E-state index in [1.165, 1.54) is 6.20 Å². The normalized spacial score (nSPS) is 9.64. The summed E-state index contributed by atoms with van der Waals surface area (Å²) in [7, 11) is 0. The SMILES string of the molecule is Cc1cncc(C(N)=O)c1C. The van der Waals surface area contributed by atoms with Gasteiger partial charge in [-0.15, -0.1) is 0 Å². The molecule has 0 radical (unpaired) electrons. The smallest absolute Gasteiger partial charge is 0.250 e. The molecule has 0 aromatic carbocycles. The first-order valence-electron chi connectivity index (χ1n) is 3.34. The lowest BCUT2D eigenvalue weighted by Crippen LogP contribution is -2.13. The van der Waals surface area contributed by atoms with E-state index in [0.717, 1.165) is 11.1 Å². The van der Waals surface area contributed by atoms with Gasteiger partial charge in [-0.3, -0.25) is 9.78 Å². The van der Waals surface area contributed by atoms with Gasteiger partial charge in [0.1, 0.15) is 0 Å². The molecule has 0 fully saturated rings. The summed E-state index contributed by atoms with van der Waals surface area (Å²) < 4.78 is 0. The summed E-state index contributed by atoms with van der Waals surface area (Å²) in [5, 5.41) is 0. The lowest BCUT2D eigenvalue weighted by atomic mass is 10.1. The van der Waals surface area contributed by atoms with E-state index in [9.17, 15) is 4.79 Å². The zero-order valence-electron chi connectivity index (χ0n) is 6.59. The molecule has 3 heteroatoms. The molecule has 3 nitrogen and oxygen atoms in total. The van der Waals surface area contributed by atoms with Crippen LogP contribution in [0.1, 0.15) is 21.5 Å². The van der Waals surface area contributed by atoms with Crippen molar-refractivity contribution in [3.05, 3.63) is 29.1 Å². The predicted octanol–water partition coefficient (Wildman–Crippen LogP) is 0.797. The lowest BCUT2D eigenvalue weighted by Gasteiger charge is -2.02. The van der Waals surface area contributed by atoms with Gasteiger partial charge in [-0.25, -0.2) is 0 Å². The van der Waals surface area contributed by atoms with Crippen LogP contribution in [0.2, 0.25) is 0 Å². The second-order valence-corrected chi connectivity index (χ2v) is 2.49. The van der Waals surface area contributed by atoms with Crippen molar-refractivity contribution >= 4 is 5.91 Å². The van der Waals surface area contributed by atoms with Crippen molar-refractivity contribution < 1.29 is 4.79 Å². The highest BCUT2D eigenvalue weighted by Crippen LogP contribution is 2.09. The van der Waals surface area contributed by atoms with Crippen molar-refractivity contribution in [2.45, 2.75) is 13.8 Å². The zero-order valence-corrected chi connectivity index (χ0v) is 6.59. The summed E-state index contributed by atoms with van der Waals surface area (Å²) in [5.74, 6) is -0.418. The average Bonchev–Trinajstić information content (AvgIpc) is 1.94. The minimum atomic E-state index is -0.418. The number of primary amides is 1. The van der Waals surface area contributed by atoms with E-state index in [0.29, 0.717) is 5.56 Å². The standard InChI is InChI=1S/C8H10N2O/c1-5-3-10-4-7(6(5)2)8(9)11/h3-4H,1-2H3,(H2,9,11). The topological polar surface area (TPSA) is 56.0 Å². The molecule has 0 unspecified atom stereocenters. The number of nitrogens with zero attached hydrogens (tertiary/aromatic N) is 1. The van der Waals surface area contributed by atoms with Gasteiger partial charge in [0.05, 0.1) is 5.56 Å². The fourth-order valence-corrected chi connectivity index (χ4v) is 0.878. The zero-order chi connectivity index (χ0) is 8.43. The van der Waals surface area contributed by atoms with Crippen molar-refractivity contribution in [2.24, 2.45) is 5.73 Å². The molecule has 0 saturated heterocycles. The number of aryl methyl sites for hydroxylation is 1. The minimum Gasteiger partial charge on any atom is -0.366 e. The maximum absolute atomic E-state index is 10.8. The highest BCUT2D eigenvalue weighted by molar-refractivity contribution is 5.94. The highest BCUT2D eigenvalue weighted by Gasteiger charge is 2.05. The number of carbonyl (C=O) groups is 1. The lowest BCUT2D eigenvalue weighted by molar-refractivity contribution is 0.0999. The first-order valence-corrected chi connectivity index (χ1v) is 3.34. The number of aromatic nitrogens is 1. The van der Waals surface area contributed by atoms with E-state index in [1.54, 1.807) is 6.20 Å². The minimum absolute atomic E-state index is 0.418. The summed E-state index contributed by atoms with van der Waals surface area (Å²) in [5.41, 5.74) is 7.51. The fraction of sp³-hybridized carbons (Fsp3) is 0.250. The number of hydrogen-bond donors (Lipinski definition) is 1. The second-order valence-electron chi connectivity index (χ2n) is 2.49. The molecule has 1 rings (SSSR count). The molecule has 11 heavy (non-hydrogen) atoms. The average molecular weight is 150 g/mol. The number of rotatable bonds is 1. The second kappa shape index (κ2) is 2.70. The molecular formula is C8H10N2O. The van der Waals surface area contributed by atoms with E-state index in [2.05, 4.69) is 4.98 Å². The Labute approximate surface area is 65.2 Å². The van der Waals surface area contributed by atoms with Crippen LogP contribution in [0.25, 0.3) is 0 Å². The van der Waals surface area contributed by atoms with Gasteiger partial charge in [0.2, 0.25) is 0 Å². The van der Waals surface area contributed by atoms with Gasteiger partial charge in [0.25, 0.3) is 5.91 Å². The summed E-state index contributed by atoms with van der Waals surface area (Å²) >= 11 is 0. The molecule has 0 aliphatic carbocycles. The molecule has 1 aromatic rings. The van der Waals surface area contributed by atoms with Gasteiger partial charge < -0.3 is 5.73 Å². The van der Waals surface area contributed by atoms with E-state index in [-0.39, 0.29) is 0 Å². The molecule has 0 atom stereocenters. The third-order valence-electron chi connectivity index (χ3n) is 1.73. The highest BCUT2D eigenvalue weighted by atomic mass is 16.1. The maximum Gasteiger partial charge on any atom is 0.250 e. The largest absolute Gasteiger partial charge is 0.366 e. The Morgan fingerprint density at radius 3 is 2.55 bits per heavy atom. The Morgan fingerprint density at radius 2 is 2.09 bits per heavy atom. The number of amides is 1. The third kappa shape index (κ3) is 1.37. The molecule has 1 aromatic heterocycles. The van der Waals surface area contributed by atoms with Crippen molar-refractivity contribution in [3.63, 3.8) is 0 Å². The predicted molar refractivity (Wildman–Crippen MR) is 42.2 cm³/mol. The van der Waals surface area contributed by atoms with Gasteiger partial charge in [-0.05, 0) is 25.0 Å². The number of hydrogen-bond acceptors (Lipinski definition) is 2. The van der Waals surface area contributed by atoms with Gasteiger partial charge >= 0.3 is 0 Å². The first kappa shape index (κ1) is 7.72. The van der Waals surface area contributed by atoms with Crippen LogP contribution in [0.4, 0.5) is 0 Å². The summed E-state index contributed by atoms with van der Waals surface area (Å²) in [6.45, 7) is 3.76. The van der Waals surface area contributed by atoms with Crippen LogP contribution in [0, 0.1) is 13.8 Å². The number of carbonyl (C=O) groups excluding carboxylic acids is 1. The molecule has 1 heterocycles. The van der Waals surface area contributed by atoms with Crippen molar-refractivity contribution in [1.82, 2.24) is 4.98 Å². The van der Waals surface area contributed by atoms with E-state index >= 15 is 0 Å². The Bertz CT molecular complexity index is 294. The summed E-state index contributed by atoms with van der Waals surface area (Å²) in [6.07, 6.45) is 3.20. The molecule has 0 spiro atoms. The van der Waals surface area contributed by atoms with Gasteiger partial charge in [-0.2, -0.15) is 0 Å². The van der Waals surface area contributed by atoms with Gasteiger partial charge in [0, 0.05) is 12.4 Å². The van der Waals surface area contributed by atoms with Gasteiger partial charge in [0.15, 0.2) is 0 Å².